The number of benzene rings is 2. The van der Waals surface area contributed by atoms with Gasteiger partial charge in [0.25, 0.3) is 0 Å². The number of hydrogen-bond donors (Lipinski definition) is 1. The summed E-state index contributed by atoms with van der Waals surface area (Å²) in [7, 11) is 0. The standard InChI is InChI=1S/C18H17NOS/c20-18(10-11-21-17-8-2-1-3-9-17)19-16-12-14-6-4-5-7-15(14)13-16/h1-11,16H,12-13H2,(H,19,20)/b11-10+. The molecule has 106 valence electrons. The molecule has 1 amide bonds. The zero-order chi connectivity index (χ0) is 14.5. The topological polar surface area (TPSA) is 29.1 Å². The van der Waals surface area contributed by atoms with Crippen LogP contribution < -0.4 is 5.32 Å². The molecule has 2 aromatic rings. The lowest BCUT2D eigenvalue weighted by Crippen LogP contribution is -2.33. The van der Waals surface area contributed by atoms with Crippen molar-refractivity contribution in [1.29, 1.82) is 0 Å². The Labute approximate surface area is 129 Å². The third kappa shape index (κ3) is 3.76. The Hall–Kier alpha value is -2.00. The first-order valence-corrected chi connectivity index (χ1v) is 7.95. The molecule has 1 aliphatic carbocycles. The number of hydrogen-bond acceptors (Lipinski definition) is 2. The van der Waals surface area contributed by atoms with Crippen LogP contribution in [-0.2, 0) is 17.6 Å². The highest BCUT2D eigenvalue weighted by atomic mass is 32.2. The van der Waals surface area contributed by atoms with Gasteiger partial charge in [-0.2, -0.15) is 0 Å². The molecule has 0 heterocycles. The summed E-state index contributed by atoms with van der Waals surface area (Å²) in [6, 6.07) is 18.6. The first-order chi connectivity index (χ1) is 10.3. The second-order valence-electron chi connectivity index (χ2n) is 5.12. The minimum atomic E-state index is -0.0174. The van der Waals surface area contributed by atoms with Gasteiger partial charge in [-0.05, 0) is 41.5 Å². The van der Waals surface area contributed by atoms with Crippen molar-refractivity contribution in [1.82, 2.24) is 5.32 Å². The van der Waals surface area contributed by atoms with Crippen LogP contribution >= 0.6 is 11.8 Å². The van der Waals surface area contributed by atoms with Gasteiger partial charge in [0.05, 0.1) is 0 Å². The summed E-state index contributed by atoms with van der Waals surface area (Å²) in [6.07, 6.45) is 3.48. The van der Waals surface area contributed by atoms with E-state index in [-0.39, 0.29) is 11.9 Å². The van der Waals surface area contributed by atoms with E-state index >= 15 is 0 Å². The molecule has 21 heavy (non-hydrogen) atoms. The Kier molecular flexibility index (Phi) is 4.41. The van der Waals surface area contributed by atoms with Gasteiger partial charge < -0.3 is 5.32 Å². The van der Waals surface area contributed by atoms with E-state index in [9.17, 15) is 4.79 Å². The molecule has 0 bridgehead atoms. The first-order valence-electron chi connectivity index (χ1n) is 7.07. The van der Waals surface area contributed by atoms with Gasteiger partial charge >= 0.3 is 0 Å². The Bertz CT molecular complexity index is 626. The van der Waals surface area contributed by atoms with E-state index in [0.717, 1.165) is 17.7 Å². The molecule has 0 saturated carbocycles. The van der Waals surface area contributed by atoms with Crippen LogP contribution in [0.25, 0.3) is 0 Å². The predicted molar refractivity (Wildman–Crippen MR) is 87.2 cm³/mol. The quantitative estimate of drug-likeness (QED) is 0.690. The van der Waals surface area contributed by atoms with E-state index in [2.05, 4.69) is 29.6 Å². The molecule has 0 aromatic heterocycles. The number of thioether (sulfide) groups is 1. The minimum absolute atomic E-state index is 0.0174. The van der Waals surface area contributed by atoms with Gasteiger partial charge in [0.15, 0.2) is 0 Å². The maximum Gasteiger partial charge on any atom is 0.244 e. The minimum Gasteiger partial charge on any atom is -0.349 e. The molecule has 3 heteroatoms. The third-order valence-corrected chi connectivity index (χ3v) is 4.38. The number of amides is 1. The molecule has 0 fully saturated rings. The van der Waals surface area contributed by atoms with E-state index in [4.69, 9.17) is 0 Å². The molecule has 2 aromatic carbocycles. The van der Waals surface area contributed by atoms with Crippen LogP contribution in [0.5, 0.6) is 0 Å². The van der Waals surface area contributed by atoms with Gasteiger partial charge in [-0.1, -0.05) is 54.2 Å². The normalized spacial score (nSPS) is 14.3. The molecule has 3 rings (SSSR count). The average molecular weight is 295 g/mol. The number of carbonyl (C=O) groups is 1. The highest BCUT2D eigenvalue weighted by Crippen LogP contribution is 2.22. The van der Waals surface area contributed by atoms with Crippen LogP contribution in [0.3, 0.4) is 0 Å². The van der Waals surface area contributed by atoms with Crippen LogP contribution in [0.1, 0.15) is 11.1 Å². The van der Waals surface area contributed by atoms with Crippen molar-refractivity contribution in [2.24, 2.45) is 0 Å². The molecule has 0 radical (unpaired) electrons. The van der Waals surface area contributed by atoms with E-state index < -0.39 is 0 Å². The molecule has 0 unspecified atom stereocenters. The number of rotatable bonds is 4. The lowest BCUT2D eigenvalue weighted by atomic mass is 10.1. The van der Waals surface area contributed by atoms with Crippen LogP contribution in [-0.4, -0.2) is 11.9 Å². The molecule has 1 aliphatic rings. The second kappa shape index (κ2) is 6.64. The number of fused-ring (bicyclic) bond motifs is 1. The summed E-state index contributed by atoms with van der Waals surface area (Å²) in [6.45, 7) is 0. The van der Waals surface area contributed by atoms with Crippen molar-refractivity contribution in [3.05, 3.63) is 77.2 Å². The Morgan fingerprint density at radius 3 is 2.29 bits per heavy atom. The second-order valence-corrected chi connectivity index (χ2v) is 6.10. The fourth-order valence-corrected chi connectivity index (χ4v) is 3.25. The zero-order valence-corrected chi connectivity index (χ0v) is 12.5. The first kappa shape index (κ1) is 14.0. The van der Waals surface area contributed by atoms with Gasteiger partial charge in [0, 0.05) is 17.0 Å². The molecular weight excluding hydrogens is 278 g/mol. The zero-order valence-electron chi connectivity index (χ0n) is 11.7. The summed E-state index contributed by atoms with van der Waals surface area (Å²) >= 11 is 1.55. The molecule has 1 N–H and O–H groups in total. The highest BCUT2D eigenvalue weighted by Gasteiger charge is 2.21. The number of nitrogens with one attached hydrogen (secondary N) is 1. The van der Waals surface area contributed by atoms with Crippen molar-refractivity contribution in [2.75, 3.05) is 0 Å². The highest BCUT2D eigenvalue weighted by molar-refractivity contribution is 8.02. The van der Waals surface area contributed by atoms with Crippen LogP contribution in [0, 0.1) is 0 Å². The van der Waals surface area contributed by atoms with Crippen LogP contribution in [0.15, 0.2) is 71.0 Å². The summed E-state index contributed by atoms with van der Waals surface area (Å²) in [5, 5.41) is 4.91. The Morgan fingerprint density at radius 2 is 1.62 bits per heavy atom. The maximum absolute atomic E-state index is 11.9. The van der Waals surface area contributed by atoms with Crippen molar-refractivity contribution in [3.63, 3.8) is 0 Å². The molecule has 0 atom stereocenters. The largest absolute Gasteiger partial charge is 0.349 e. The van der Waals surface area contributed by atoms with Crippen molar-refractivity contribution in [2.45, 2.75) is 23.8 Å². The lowest BCUT2D eigenvalue weighted by Gasteiger charge is -2.09. The van der Waals surface area contributed by atoms with Gasteiger partial charge in [0.2, 0.25) is 5.91 Å². The molecule has 0 aliphatic heterocycles. The monoisotopic (exact) mass is 295 g/mol. The lowest BCUT2D eigenvalue weighted by molar-refractivity contribution is -0.117. The average Bonchev–Trinajstić information content (AvgIpc) is 2.90. The van der Waals surface area contributed by atoms with E-state index in [0.29, 0.717) is 0 Å². The van der Waals surface area contributed by atoms with Gasteiger partial charge in [0.1, 0.15) is 0 Å². The summed E-state index contributed by atoms with van der Waals surface area (Å²) < 4.78 is 0. The fraction of sp³-hybridized carbons (Fsp3) is 0.167. The SMILES string of the molecule is O=C(/C=C/Sc1ccccc1)NC1Cc2ccccc2C1. The Balaban J connectivity index is 1.49. The van der Waals surface area contributed by atoms with Crippen molar-refractivity contribution in [3.8, 4) is 0 Å². The predicted octanol–water partition coefficient (Wildman–Crippen LogP) is 3.58. The van der Waals surface area contributed by atoms with Crippen molar-refractivity contribution >= 4 is 17.7 Å². The van der Waals surface area contributed by atoms with Gasteiger partial charge in [-0.25, -0.2) is 0 Å². The molecule has 2 nitrogen and oxygen atoms in total. The fourth-order valence-electron chi connectivity index (χ4n) is 2.58. The van der Waals surface area contributed by atoms with Gasteiger partial charge in [-0.3, -0.25) is 4.79 Å². The van der Waals surface area contributed by atoms with E-state index in [1.165, 1.54) is 11.1 Å². The van der Waals surface area contributed by atoms with Crippen LogP contribution in [0.2, 0.25) is 0 Å². The molecule has 0 spiro atoms. The van der Waals surface area contributed by atoms with Crippen LogP contribution in [0.4, 0.5) is 0 Å². The van der Waals surface area contributed by atoms with E-state index in [1.807, 2.05) is 35.7 Å². The van der Waals surface area contributed by atoms with Crippen molar-refractivity contribution < 1.29 is 4.79 Å². The maximum atomic E-state index is 11.9. The van der Waals surface area contributed by atoms with E-state index in [1.54, 1.807) is 17.8 Å². The summed E-state index contributed by atoms with van der Waals surface area (Å²) in [5.74, 6) is -0.0174. The molecular formula is C18H17NOS. The Morgan fingerprint density at radius 1 is 1.00 bits per heavy atom. The summed E-state index contributed by atoms with van der Waals surface area (Å²) in [4.78, 5) is 13.1. The summed E-state index contributed by atoms with van der Waals surface area (Å²) in [5.41, 5.74) is 2.70. The van der Waals surface area contributed by atoms with Gasteiger partial charge in [-0.15, -0.1) is 0 Å². The molecule has 0 saturated heterocycles. The number of carbonyl (C=O) groups excluding carboxylic acids is 1. The smallest absolute Gasteiger partial charge is 0.244 e. The third-order valence-electron chi connectivity index (χ3n) is 3.56.